The summed E-state index contributed by atoms with van der Waals surface area (Å²) in [5.41, 5.74) is 6.84. The van der Waals surface area contributed by atoms with Crippen molar-refractivity contribution in [1.29, 1.82) is 0 Å². The van der Waals surface area contributed by atoms with E-state index in [1.807, 2.05) is 24.0 Å². The largest absolute Gasteiger partial charge is 0.330 e. The number of para-hydroxylation sites is 1. The van der Waals surface area contributed by atoms with E-state index in [0.717, 1.165) is 25.3 Å². The first-order chi connectivity index (χ1) is 10.4. The van der Waals surface area contributed by atoms with Gasteiger partial charge >= 0.3 is 0 Å². The van der Waals surface area contributed by atoms with Gasteiger partial charge in [0, 0.05) is 17.6 Å². The molecule has 0 radical (unpaired) electrons. The third kappa shape index (κ3) is 3.22. The van der Waals surface area contributed by atoms with Crippen molar-refractivity contribution in [3.8, 4) is 0 Å². The molecule has 3 nitrogen and oxygen atoms in total. The van der Waals surface area contributed by atoms with Gasteiger partial charge in [-0.15, -0.1) is 0 Å². The average Bonchev–Trinajstić information content (AvgIpc) is 2.53. The lowest BCUT2D eigenvalue weighted by molar-refractivity contribution is 0.645. The number of fused-ring (bicyclic) bond motifs is 2. The molecule has 0 fully saturated rings. The first kappa shape index (κ1) is 14.4. The van der Waals surface area contributed by atoms with Gasteiger partial charge in [0.1, 0.15) is 5.82 Å². The number of nitrogens with zero attached hydrogens (tertiary/aromatic N) is 2. The maximum absolute atomic E-state index is 5.56. The minimum absolute atomic E-state index is 0.799. The standard InChI is InChI=1S/C17H21N3S/c18-11-5-1-2-6-13-20-14-8-3-4-9-15(14)21-16-10-7-12-19-17(16)20/h3-4,7-10,12H,1-2,5-6,11,13,18H2. The van der Waals surface area contributed by atoms with E-state index in [9.17, 15) is 0 Å². The molecule has 2 N–H and O–H groups in total. The summed E-state index contributed by atoms with van der Waals surface area (Å²) in [6.07, 6.45) is 6.63. The summed E-state index contributed by atoms with van der Waals surface area (Å²) >= 11 is 1.81. The van der Waals surface area contributed by atoms with Gasteiger partial charge in [-0.05, 0) is 43.7 Å². The highest BCUT2D eigenvalue weighted by Gasteiger charge is 2.23. The van der Waals surface area contributed by atoms with Gasteiger partial charge in [-0.25, -0.2) is 4.98 Å². The van der Waals surface area contributed by atoms with Crippen molar-refractivity contribution in [2.24, 2.45) is 5.73 Å². The van der Waals surface area contributed by atoms with Gasteiger partial charge in [0.15, 0.2) is 0 Å². The van der Waals surface area contributed by atoms with Crippen molar-refractivity contribution in [3.05, 3.63) is 42.6 Å². The Morgan fingerprint density at radius 1 is 0.952 bits per heavy atom. The molecule has 4 heteroatoms. The summed E-state index contributed by atoms with van der Waals surface area (Å²) < 4.78 is 0. The first-order valence-electron chi connectivity index (χ1n) is 7.59. The Labute approximate surface area is 130 Å². The number of anilines is 2. The summed E-state index contributed by atoms with van der Waals surface area (Å²) in [6, 6.07) is 12.8. The van der Waals surface area contributed by atoms with Crippen LogP contribution in [0.15, 0.2) is 52.4 Å². The summed E-state index contributed by atoms with van der Waals surface area (Å²) in [6.45, 7) is 1.82. The van der Waals surface area contributed by atoms with Crippen molar-refractivity contribution >= 4 is 23.3 Å². The summed E-state index contributed by atoms with van der Waals surface area (Å²) in [5.74, 6) is 1.10. The van der Waals surface area contributed by atoms with Gasteiger partial charge in [0.05, 0.1) is 10.6 Å². The monoisotopic (exact) mass is 299 g/mol. The molecule has 0 saturated heterocycles. The zero-order valence-electron chi connectivity index (χ0n) is 12.2. The molecule has 0 bridgehead atoms. The predicted octanol–water partition coefficient (Wildman–Crippen LogP) is 4.20. The minimum Gasteiger partial charge on any atom is -0.330 e. The number of unbranched alkanes of at least 4 members (excludes halogenated alkanes) is 3. The molecule has 0 saturated carbocycles. The van der Waals surface area contributed by atoms with Crippen LogP contribution in [-0.2, 0) is 0 Å². The molecule has 0 unspecified atom stereocenters. The number of aromatic nitrogens is 1. The van der Waals surface area contributed by atoms with Gasteiger partial charge in [-0.3, -0.25) is 0 Å². The first-order valence-corrected chi connectivity index (χ1v) is 8.41. The van der Waals surface area contributed by atoms with E-state index in [4.69, 9.17) is 5.73 Å². The summed E-state index contributed by atoms with van der Waals surface area (Å²) in [7, 11) is 0. The second-order valence-corrected chi connectivity index (χ2v) is 6.33. The van der Waals surface area contributed by atoms with Crippen LogP contribution >= 0.6 is 11.8 Å². The van der Waals surface area contributed by atoms with Crippen molar-refractivity contribution in [3.63, 3.8) is 0 Å². The number of benzene rings is 1. The third-order valence-electron chi connectivity index (χ3n) is 3.72. The zero-order chi connectivity index (χ0) is 14.5. The van der Waals surface area contributed by atoms with Crippen molar-refractivity contribution in [2.45, 2.75) is 35.5 Å². The highest BCUT2D eigenvalue weighted by Crippen LogP contribution is 2.46. The smallest absolute Gasteiger partial charge is 0.147 e. The quantitative estimate of drug-likeness (QED) is 0.812. The Balaban J connectivity index is 1.78. The molecule has 1 aliphatic heterocycles. The van der Waals surface area contributed by atoms with E-state index >= 15 is 0 Å². The van der Waals surface area contributed by atoms with Crippen LogP contribution in [-0.4, -0.2) is 18.1 Å². The topological polar surface area (TPSA) is 42.1 Å². The fraction of sp³-hybridized carbons (Fsp3) is 0.353. The molecule has 3 rings (SSSR count). The van der Waals surface area contributed by atoms with Gasteiger partial charge in [0.2, 0.25) is 0 Å². The molecule has 0 spiro atoms. The van der Waals surface area contributed by atoms with Crippen LogP contribution in [0.4, 0.5) is 11.5 Å². The van der Waals surface area contributed by atoms with Crippen molar-refractivity contribution in [2.75, 3.05) is 18.0 Å². The maximum atomic E-state index is 5.56. The highest BCUT2D eigenvalue weighted by molar-refractivity contribution is 7.99. The van der Waals surface area contributed by atoms with Crippen LogP contribution in [0.3, 0.4) is 0 Å². The Morgan fingerprint density at radius 3 is 2.67 bits per heavy atom. The molecule has 21 heavy (non-hydrogen) atoms. The Bertz CT molecular complexity index is 555. The fourth-order valence-corrected chi connectivity index (χ4v) is 3.72. The van der Waals surface area contributed by atoms with Crippen LogP contribution in [0.2, 0.25) is 0 Å². The Morgan fingerprint density at radius 2 is 1.76 bits per heavy atom. The normalized spacial score (nSPS) is 12.9. The molecule has 0 amide bonds. The molecular formula is C17H21N3S. The Hall–Kier alpha value is -1.52. The molecule has 1 aromatic carbocycles. The molecule has 2 aromatic rings. The van der Waals surface area contributed by atoms with Crippen molar-refractivity contribution < 1.29 is 0 Å². The van der Waals surface area contributed by atoms with Crippen LogP contribution in [0.25, 0.3) is 0 Å². The van der Waals surface area contributed by atoms with Crippen molar-refractivity contribution in [1.82, 2.24) is 4.98 Å². The lowest BCUT2D eigenvalue weighted by atomic mass is 10.1. The van der Waals surface area contributed by atoms with E-state index in [1.54, 1.807) is 0 Å². The van der Waals surface area contributed by atoms with Gasteiger partial charge < -0.3 is 10.6 Å². The Kier molecular flexibility index (Phi) is 4.78. The lowest BCUT2D eigenvalue weighted by Crippen LogP contribution is -2.23. The van der Waals surface area contributed by atoms with Crippen LogP contribution in [0.5, 0.6) is 0 Å². The molecule has 110 valence electrons. The number of nitrogens with two attached hydrogens (primary N) is 1. The predicted molar refractivity (Wildman–Crippen MR) is 89.3 cm³/mol. The minimum atomic E-state index is 0.799. The number of hydrogen-bond donors (Lipinski definition) is 1. The average molecular weight is 299 g/mol. The number of pyridine rings is 1. The molecule has 0 aliphatic carbocycles. The molecule has 1 aromatic heterocycles. The maximum Gasteiger partial charge on any atom is 0.147 e. The van der Waals surface area contributed by atoms with Gasteiger partial charge in [-0.2, -0.15) is 0 Å². The fourth-order valence-electron chi connectivity index (χ4n) is 2.66. The van der Waals surface area contributed by atoms with E-state index in [1.165, 1.54) is 34.7 Å². The van der Waals surface area contributed by atoms with Gasteiger partial charge in [-0.1, -0.05) is 36.7 Å². The molecule has 1 aliphatic rings. The third-order valence-corrected chi connectivity index (χ3v) is 4.82. The van der Waals surface area contributed by atoms with E-state index in [2.05, 4.69) is 40.2 Å². The van der Waals surface area contributed by atoms with Crippen LogP contribution in [0.1, 0.15) is 25.7 Å². The number of hydrogen-bond acceptors (Lipinski definition) is 4. The summed E-state index contributed by atoms with van der Waals surface area (Å²) in [5, 5.41) is 0. The van der Waals surface area contributed by atoms with Crippen LogP contribution < -0.4 is 10.6 Å². The molecule has 0 atom stereocenters. The second kappa shape index (κ2) is 6.96. The molecule has 2 heterocycles. The SMILES string of the molecule is NCCCCCCN1c2ccccc2Sc2cccnc21. The lowest BCUT2D eigenvalue weighted by Gasteiger charge is -2.31. The van der Waals surface area contributed by atoms with Crippen LogP contribution in [0, 0.1) is 0 Å². The number of rotatable bonds is 6. The van der Waals surface area contributed by atoms with E-state index < -0.39 is 0 Å². The van der Waals surface area contributed by atoms with Gasteiger partial charge in [0.25, 0.3) is 0 Å². The molecular weight excluding hydrogens is 278 g/mol. The zero-order valence-corrected chi connectivity index (χ0v) is 13.0. The summed E-state index contributed by atoms with van der Waals surface area (Å²) in [4.78, 5) is 9.53. The van der Waals surface area contributed by atoms with E-state index in [-0.39, 0.29) is 0 Å². The van der Waals surface area contributed by atoms with E-state index in [0.29, 0.717) is 0 Å². The highest BCUT2D eigenvalue weighted by atomic mass is 32.2. The second-order valence-electron chi connectivity index (χ2n) is 5.25.